The number of aromatic nitrogens is 4. The molecular weight excluding hydrogens is 512 g/mol. The smallest absolute Gasteiger partial charge is 0.407 e. The number of nitrogens with one attached hydrogen (secondary N) is 2. The molecule has 6 unspecified atom stereocenters. The van der Waals surface area contributed by atoms with Crippen molar-refractivity contribution in [2.75, 3.05) is 31.7 Å². The summed E-state index contributed by atoms with van der Waals surface area (Å²) in [6.45, 7) is 3.01. The number of imidazole rings is 1. The van der Waals surface area contributed by atoms with Crippen LogP contribution >= 0.6 is 0 Å². The average molecular weight is 547 g/mol. The van der Waals surface area contributed by atoms with Gasteiger partial charge in [0.1, 0.15) is 31.2 Å². The highest BCUT2D eigenvalue weighted by molar-refractivity contribution is 5.83. The normalized spacial score (nSPS) is 35.4. The lowest BCUT2D eigenvalue weighted by Crippen LogP contribution is -2.48. The molecule has 6 rings (SSSR count). The average Bonchev–Trinajstić information content (AvgIpc) is 3.75. The summed E-state index contributed by atoms with van der Waals surface area (Å²) in [6, 6.07) is -0.235. The van der Waals surface area contributed by atoms with Crippen molar-refractivity contribution < 1.29 is 38.7 Å². The van der Waals surface area contributed by atoms with E-state index in [0.29, 0.717) is 30.2 Å². The highest BCUT2D eigenvalue weighted by Crippen LogP contribution is 2.49. The minimum absolute atomic E-state index is 0.114. The molecule has 2 aliphatic carbocycles. The molecule has 4 fully saturated rings. The monoisotopic (exact) mass is 546 g/mol. The first kappa shape index (κ1) is 26.2. The number of fused-ring (bicyclic) bond motifs is 3. The number of rotatable bonds is 8. The number of ether oxygens (including phenoxy) is 4. The summed E-state index contributed by atoms with van der Waals surface area (Å²) in [4.78, 5) is 38.2. The highest BCUT2D eigenvalue weighted by atomic mass is 16.6. The fourth-order valence-electron chi connectivity index (χ4n) is 6.49. The fraction of sp³-hybridized carbons (Fsp3) is 0.720. The van der Waals surface area contributed by atoms with Crippen LogP contribution in [0.2, 0.25) is 0 Å². The third kappa shape index (κ3) is 4.90. The largest absolute Gasteiger partial charge is 0.466 e. The van der Waals surface area contributed by atoms with Gasteiger partial charge < -0.3 is 39.8 Å². The number of esters is 1. The predicted molar refractivity (Wildman–Crippen MR) is 133 cm³/mol. The molecule has 14 heteroatoms. The number of carbonyl (C=O) groups excluding carboxylic acids is 2. The molecule has 2 aromatic heterocycles. The Morgan fingerprint density at radius 3 is 2.77 bits per heavy atom. The lowest BCUT2D eigenvalue weighted by atomic mass is 9.84. The van der Waals surface area contributed by atoms with Gasteiger partial charge in [-0.05, 0) is 44.4 Å². The van der Waals surface area contributed by atoms with Gasteiger partial charge in [0.05, 0.1) is 31.5 Å². The number of aliphatic hydroxyl groups excluding tert-OH is 2. The van der Waals surface area contributed by atoms with E-state index in [1.807, 2.05) is 0 Å². The summed E-state index contributed by atoms with van der Waals surface area (Å²) in [5.74, 6) is 0.273. The molecular formula is C25H34N6O8. The standard InChI is InChI=1S/C25H34N6O8/c1-2-37-24(34)16-12-3-4-13(7-12)17(16)30-25(35)38-9-15-19(32)20(33)23(39-15)31-11-28-18-21(26-10-27-22(18)31)29-14-5-6-36-8-14/h10-17,19-20,23,32-33H,2-9H2,1H3,(H,30,35)(H,26,27,29)/t12?,13?,14-,15?,16?,17?,19-,20-,23?/m1/s1. The van der Waals surface area contributed by atoms with Crippen molar-refractivity contribution in [1.82, 2.24) is 24.8 Å². The van der Waals surface area contributed by atoms with E-state index in [2.05, 4.69) is 25.6 Å². The van der Waals surface area contributed by atoms with Crippen LogP contribution in [0.1, 0.15) is 38.8 Å². The maximum Gasteiger partial charge on any atom is 0.407 e. The number of aliphatic hydroxyl groups is 2. The van der Waals surface area contributed by atoms with Gasteiger partial charge in [0.2, 0.25) is 0 Å². The molecule has 0 aromatic carbocycles. The second-order valence-corrected chi connectivity index (χ2v) is 10.7. The van der Waals surface area contributed by atoms with E-state index in [9.17, 15) is 19.8 Å². The third-order valence-corrected chi connectivity index (χ3v) is 8.38. The van der Waals surface area contributed by atoms with Gasteiger partial charge in [-0.2, -0.15) is 0 Å². The van der Waals surface area contributed by atoms with Crippen LogP contribution in [0.5, 0.6) is 0 Å². The molecule has 2 bridgehead atoms. The van der Waals surface area contributed by atoms with Gasteiger partial charge in [-0.1, -0.05) is 0 Å². The van der Waals surface area contributed by atoms with Crippen molar-refractivity contribution in [3.05, 3.63) is 12.7 Å². The Morgan fingerprint density at radius 1 is 1.13 bits per heavy atom. The molecule has 4 N–H and O–H groups in total. The maximum absolute atomic E-state index is 12.7. The molecule has 0 radical (unpaired) electrons. The molecule has 2 aliphatic heterocycles. The van der Waals surface area contributed by atoms with Gasteiger partial charge in [0.15, 0.2) is 23.2 Å². The zero-order valence-corrected chi connectivity index (χ0v) is 21.6. The Kier molecular flexibility index (Phi) is 7.27. The zero-order chi connectivity index (χ0) is 27.1. The van der Waals surface area contributed by atoms with E-state index in [1.165, 1.54) is 17.2 Å². The molecule has 9 atom stereocenters. The summed E-state index contributed by atoms with van der Waals surface area (Å²) in [6.07, 6.45) is 1.16. The minimum Gasteiger partial charge on any atom is -0.466 e. The Balaban J connectivity index is 1.09. The maximum atomic E-state index is 12.7. The predicted octanol–water partition coefficient (Wildman–Crippen LogP) is 0.350. The van der Waals surface area contributed by atoms with Gasteiger partial charge in [-0.25, -0.2) is 19.7 Å². The van der Waals surface area contributed by atoms with Crippen LogP contribution in [-0.4, -0.2) is 98.6 Å². The second kappa shape index (κ2) is 10.8. The summed E-state index contributed by atoms with van der Waals surface area (Å²) in [7, 11) is 0. The highest BCUT2D eigenvalue weighted by Gasteiger charge is 2.52. The van der Waals surface area contributed by atoms with E-state index >= 15 is 0 Å². The van der Waals surface area contributed by atoms with Crippen LogP contribution in [-0.2, 0) is 23.7 Å². The summed E-state index contributed by atoms with van der Waals surface area (Å²) in [5.41, 5.74) is 0.916. The Bertz CT molecular complexity index is 1200. The summed E-state index contributed by atoms with van der Waals surface area (Å²) in [5, 5.41) is 27.6. The van der Waals surface area contributed by atoms with Crippen LogP contribution in [0.25, 0.3) is 11.2 Å². The van der Waals surface area contributed by atoms with Crippen molar-refractivity contribution in [2.45, 2.75) is 69.2 Å². The van der Waals surface area contributed by atoms with Crippen LogP contribution in [0.3, 0.4) is 0 Å². The quantitative estimate of drug-likeness (QED) is 0.334. The first-order valence-corrected chi connectivity index (χ1v) is 13.6. The molecule has 1 amide bonds. The van der Waals surface area contributed by atoms with Gasteiger partial charge in [-0.15, -0.1) is 0 Å². The molecule has 14 nitrogen and oxygen atoms in total. The molecule has 2 saturated carbocycles. The summed E-state index contributed by atoms with van der Waals surface area (Å²) >= 11 is 0. The number of hydrogen-bond donors (Lipinski definition) is 4. The minimum atomic E-state index is -1.31. The SMILES string of the molecule is CCOC(=O)C1C2CCC(C2)C1NC(=O)OCC1OC(n2cnc3c(N[C@@H]4CCOC4)ncnc32)[C@H](O)[C@@H]1O. The van der Waals surface area contributed by atoms with Crippen molar-refractivity contribution in [1.29, 1.82) is 0 Å². The lowest BCUT2D eigenvalue weighted by molar-refractivity contribution is -0.150. The lowest BCUT2D eigenvalue weighted by Gasteiger charge is -2.29. The molecule has 0 spiro atoms. The summed E-state index contributed by atoms with van der Waals surface area (Å²) < 4.78 is 23.5. The molecule has 2 aromatic rings. The van der Waals surface area contributed by atoms with Gasteiger partial charge in [-0.3, -0.25) is 9.36 Å². The molecule has 2 saturated heterocycles. The van der Waals surface area contributed by atoms with Crippen molar-refractivity contribution in [2.24, 2.45) is 17.8 Å². The number of alkyl carbamates (subject to hydrolysis) is 1. The van der Waals surface area contributed by atoms with E-state index in [4.69, 9.17) is 18.9 Å². The van der Waals surface area contributed by atoms with Gasteiger partial charge in [0, 0.05) is 12.6 Å². The topological polar surface area (TPSA) is 179 Å². The number of carbonyl (C=O) groups is 2. The number of hydrogen-bond acceptors (Lipinski definition) is 12. The van der Waals surface area contributed by atoms with Crippen LogP contribution in [0, 0.1) is 17.8 Å². The van der Waals surface area contributed by atoms with Gasteiger partial charge in [0.25, 0.3) is 0 Å². The van der Waals surface area contributed by atoms with Gasteiger partial charge >= 0.3 is 12.1 Å². The van der Waals surface area contributed by atoms with E-state index < -0.39 is 30.6 Å². The first-order chi connectivity index (χ1) is 18.9. The second-order valence-electron chi connectivity index (χ2n) is 10.7. The Morgan fingerprint density at radius 2 is 1.97 bits per heavy atom. The molecule has 39 heavy (non-hydrogen) atoms. The third-order valence-electron chi connectivity index (χ3n) is 8.38. The number of nitrogens with zero attached hydrogens (tertiary/aromatic N) is 4. The van der Waals surface area contributed by atoms with Crippen molar-refractivity contribution in [3.8, 4) is 0 Å². The molecule has 212 valence electrons. The van der Waals surface area contributed by atoms with E-state index in [1.54, 1.807) is 6.92 Å². The zero-order valence-electron chi connectivity index (χ0n) is 21.6. The van der Waals surface area contributed by atoms with Crippen LogP contribution in [0.4, 0.5) is 10.6 Å². The number of amides is 1. The van der Waals surface area contributed by atoms with Crippen molar-refractivity contribution in [3.63, 3.8) is 0 Å². The Labute approximate surface area is 224 Å². The van der Waals surface area contributed by atoms with Crippen LogP contribution in [0.15, 0.2) is 12.7 Å². The van der Waals surface area contributed by atoms with E-state index in [0.717, 1.165) is 25.7 Å². The van der Waals surface area contributed by atoms with Crippen molar-refractivity contribution >= 4 is 29.0 Å². The number of anilines is 1. The molecule has 4 heterocycles. The van der Waals surface area contributed by atoms with Crippen LogP contribution < -0.4 is 10.6 Å². The fourth-order valence-corrected chi connectivity index (χ4v) is 6.49. The molecule has 4 aliphatic rings. The first-order valence-electron chi connectivity index (χ1n) is 13.6. The Hall–Kier alpha value is -3.07. The van der Waals surface area contributed by atoms with E-state index in [-0.39, 0.29) is 49.0 Å².